The smallest absolute Gasteiger partial charge is 0.265 e. The van der Waals surface area contributed by atoms with E-state index in [1.54, 1.807) is 6.92 Å². The van der Waals surface area contributed by atoms with E-state index >= 15 is 0 Å². The standard InChI is InChI=1S/C23H23NO3/c1-18(27-22-10-6-3-7-11-22)23(25)24-20-12-14-21(15-13-20)26-17-16-19-8-4-2-5-9-19/h2-15,18H,16-17H2,1H3,(H,24,25). The second kappa shape index (κ2) is 9.43. The minimum atomic E-state index is -0.589. The van der Waals surface area contributed by atoms with Crippen molar-refractivity contribution in [3.05, 3.63) is 90.5 Å². The Kier molecular flexibility index (Phi) is 6.47. The summed E-state index contributed by atoms with van der Waals surface area (Å²) < 4.78 is 11.4. The fourth-order valence-electron chi connectivity index (χ4n) is 2.57. The van der Waals surface area contributed by atoms with Crippen molar-refractivity contribution >= 4 is 11.6 Å². The molecule has 0 aliphatic rings. The lowest BCUT2D eigenvalue weighted by atomic mass is 10.2. The molecule has 0 aromatic heterocycles. The van der Waals surface area contributed by atoms with Gasteiger partial charge in [-0.3, -0.25) is 4.79 Å². The van der Waals surface area contributed by atoms with Crippen LogP contribution in [0.15, 0.2) is 84.9 Å². The van der Waals surface area contributed by atoms with Crippen molar-refractivity contribution in [3.63, 3.8) is 0 Å². The third-order valence-electron chi connectivity index (χ3n) is 4.05. The van der Waals surface area contributed by atoms with Crippen LogP contribution in [0.25, 0.3) is 0 Å². The summed E-state index contributed by atoms with van der Waals surface area (Å²) in [5.74, 6) is 1.25. The molecular formula is C23H23NO3. The minimum Gasteiger partial charge on any atom is -0.493 e. The van der Waals surface area contributed by atoms with Gasteiger partial charge in [-0.25, -0.2) is 0 Å². The number of amides is 1. The first-order valence-electron chi connectivity index (χ1n) is 9.00. The van der Waals surface area contributed by atoms with Crippen molar-refractivity contribution in [3.8, 4) is 11.5 Å². The van der Waals surface area contributed by atoms with Crippen LogP contribution in [0.3, 0.4) is 0 Å². The van der Waals surface area contributed by atoms with E-state index < -0.39 is 6.10 Å². The summed E-state index contributed by atoms with van der Waals surface area (Å²) in [5, 5.41) is 2.85. The van der Waals surface area contributed by atoms with Gasteiger partial charge in [-0.1, -0.05) is 48.5 Å². The summed E-state index contributed by atoms with van der Waals surface area (Å²) in [6, 6.07) is 26.9. The van der Waals surface area contributed by atoms with Crippen molar-refractivity contribution in [2.24, 2.45) is 0 Å². The Morgan fingerprint density at radius 2 is 1.48 bits per heavy atom. The van der Waals surface area contributed by atoms with Crippen LogP contribution >= 0.6 is 0 Å². The molecule has 138 valence electrons. The van der Waals surface area contributed by atoms with Crippen LogP contribution in [0.4, 0.5) is 5.69 Å². The van der Waals surface area contributed by atoms with E-state index in [0.717, 1.165) is 12.2 Å². The molecule has 4 heteroatoms. The van der Waals surface area contributed by atoms with Crippen LogP contribution in [0.5, 0.6) is 11.5 Å². The lowest BCUT2D eigenvalue weighted by molar-refractivity contribution is -0.122. The van der Waals surface area contributed by atoms with Gasteiger partial charge in [-0.05, 0) is 48.9 Å². The number of ether oxygens (including phenoxy) is 2. The van der Waals surface area contributed by atoms with Crippen molar-refractivity contribution < 1.29 is 14.3 Å². The maximum Gasteiger partial charge on any atom is 0.265 e. The predicted octanol–water partition coefficient (Wildman–Crippen LogP) is 4.71. The highest BCUT2D eigenvalue weighted by molar-refractivity contribution is 5.94. The number of anilines is 1. The predicted molar refractivity (Wildman–Crippen MR) is 107 cm³/mol. The van der Waals surface area contributed by atoms with Gasteiger partial charge in [0.05, 0.1) is 6.61 Å². The Morgan fingerprint density at radius 3 is 2.15 bits per heavy atom. The molecule has 1 atom stereocenters. The molecule has 0 radical (unpaired) electrons. The van der Waals surface area contributed by atoms with E-state index in [-0.39, 0.29) is 5.91 Å². The molecular weight excluding hydrogens is 338 g/mol. The monoisotopic (exact) mass is 361 g/mol. The molecule has 3 rings (SSSR count). The summed E-state index contributed by atoms with van der Waals surface area (Å²) >= 11 is 0. The molecule has 0 spiro atoms. The maximum atomic E-state index is 12.3. The Bertz CT molecular complexity index is 833. The number of hydrogen-bond donors (Lipinski definition) is 1. The topological polar surface area (TPSA) is 47.6 Å². The maximum absolute atomic E-state index is 12.3. The van der Waals surface area contributed by atoms with Gasteiger partial charge in [-0.2, -0.15) is 0 Å². The van der Waals surface area contributed by atoms with Crippen LogP contribution < -0.4 is 14.8 Å². The van der Waals surface area contributed by atoms with Gasteiger partial charge in [-0.15, -0.1) is 0 Å². The average Bonchev–Trinajstić information content (AvgIpc) is 2.71. The van der Waals surface area contributed by atoms with Gasteiger partial charge in [0.25, 0.3) is 5.91 Å². The third-order valence-corrected chi connectivity index (χ3v) is 4.05. The van der Waals surface area contributed by atoms with Gasteiger partial charge >= 0.3 is 0 Å². The molecule has 0 aliphatic carbocycles. The highest BCUT2D eigenvalue weighted by Gasteiger charge is 2.14. The Morgan fingerprint density at radius 1 is 0.852 bits per heavy atom. The van der Waals surface area contributed by atoms with Crippen molar-refractivity contribution in [1.82, 2.24) is 0 Å². The van der Waals surface area contributed by atoms with Gasteiger partial charge in [0.15, 0.2) is 6.10 Å². The van der Waals surface area contributed by atoms with Crippen LogP contribution in [-0.4, -0.2) is 18.6 Å². The summed E-state index contributed by atoms with van der Waals surface area (Å²) in [6.07, 6.45) is 0.266. The normalized spacial score (nSPS) is 11.4. The van der Waals surface area contributed by atoms with Gasteiger partial charge < -0.3 is 14.8 Å². The van der Waals surface area contributed by atoms with E-state index in [1.807, 2.05) is 72.8 Å². The molecule has 1 unspecified atom stereocenters. The van der Waals surface area contributed by atoms with E-state index in [0.29, 0.717) is 18.0 Å². The van der Waals surface area contributed by atoms with Gasteiger partial charge in [0.2, 0.25) is 0 Å². The lowest BCUT2D eigenvalue weighted by Gasteiger charge is -2.15. The van der Waals surface area contributed by atoms with Gasteiger partial charge in [0, 0.05) is 12.1 Å². The van der Waals surface area contributed by atoms with E-state index in [2.05, 4.69) is 17.4 Å². The molecule has 3 aromatic carbocycles. The second-order valence-electron chi connectivity index (χ2n) is 6.17. The fraction of sp³-hybridized carbons (Fsp3) is 0.174. The van der Waals surface area contributed by atoms with E-state index in [4.69, 9.17) is 9.47 Å². The quantitative estimate of drug-likeness (QED) is 0.632. The second-order valence-corrected chi connectivity index (χ2v) is 6.17. The molecule has 0 saturated heterocycles. The molecule has 0 saturated carbocycles. The van der Waals surface area contributed by atoms with Crippen LogP contribution in [0.2, 0.25) is 0 Å². The zero-order valence-electron chi connectivity index (χ0n) is 15.3. The number of carbonyl (C=O) groups excluding carboxylic acids is 1. The molecule has 1 N–H and O–H groups in total. The van der Waals surface area contributed by atoms with E-state index in [1.165, 1.54) is 5.56 Å². The van der Waals surface area contributed by atoms with E-state index in [9.17, 15) is 4.79 Å². The average molecular weight is 361 g/mol. The van der Waals surface area contributed by atoms with Crippen molar-refractivity contribution in [1.29, 1.82) is 0 Å². The fourth-order valence-corrected chi connectivity index (χ4v) is 2.57. The minimum absolute atomic E-state index is 0.198. The summed E-state index contributed by atoms with van der Waals surface area (Å²) in [5.41, 5.74) is 1.95. The summed E-state index contributed by atoms with van der Waals surface area (Å²) in [6.45, 7) is 2.33. The SMILES string of the molecule is CC(Oc1ccccc1)C(=O)Nc1ccc(OCCc2ccccc2)cc1. The molecule has 27 heavy (non-hydrogen) atoms. The highest BCUT2D eigenvalue weighted by atomic mass is 16.5. The third kappa shape index (κ3) is 5.89. The van der Waals surface area contributed by atoms with Crippen molar-refractivity contribution in [2.45, 2.75) is 19.4 Å². The first-order valence-corrected chi connectivity index (χ1v) is 9.00. The zero-order valence-corrected chi connectivity index (χ0v) is 15.3. The first-order chi connectivity index (χ1) is 13.2. The molecule has 0 heterocycles. The number of rotatable bonds is 8. The molecule has 0 bridgehead atoms. The number of benzene rings is 3. The van der Waals surface area contributed by atoms with Crippen molar-refractivity contribution in [2.75, 3.05) is 11.9 Å². The number of para-hydroxylation sites is 1. The molecule has 3 aromatic rings. The Balaban J connectivity index is 1.46. The van der Waals surface area contributed by atoms with Gasteiger partial charge in [0.1, 0.15) is 11.5 Å². The number of carbonyl (C=O) groups is 1. The highest BCUT2D eigenvalue weighted by Crippen LogP contribution is 2.17. The van der Waals surface area contributed by atoms with Crippen LogP contribution in [-0.2, 0) is 11.2 Å². The summed E-state index contributed by atoms with van der Waals surface area (Å²) in [7, 11) is 0. The zero-order chi connectivity index (χ0) is 18.9. The molecule has 1 amide bonds. The number of nitrogens with one attached hydrogen (secondary N) is 1. The largest absolute Gasteiger partial charge is 0.493 e. The number of hydrogen-bond acceptors (Lipinski definition) is 3. The molecule has 0 fully saturated rings. The Hall–Kier alpha value is -3.27. The molecule has 0 aliphatic heterocycles. The summed E-state index contributed by atoms with van der Waals surface area (Å²) in [4.78, 5) is 12.3. The molecule has 4 nitrogen and oxygen atoms in total. The van der Waals surface area contributed by atoms with Crippen LogP contribution in [0, 0.1) is 0 Å². The lowest BCUT2D eigenvalue weighted by Crippen LogP contribution is -2.30. The first kappa shape index (κ1) is 18.5. The Labute approximate surface area is 159 Å². The van der Waals surface area contributed by atoms with Crippen LogP contribution in [0.1, 0.15) is 12.5 Å².